The highest BCUT2D eigenvalue weighted by Gasteiger charge is 2.05. The van der Waals surface area contributed by atoms with E-state index in [-0.39, 0.29) is 24.0 Å². The molecule has 0 bridgehead atoms. The second-order valence-electron chi connectivity index (χ2n) is 5.42. The van der Waals surface area contributed by atoms with Crippen LogP contribution in [0.25, 0.3) is 0 Å². The number of aromatic nitrogens is 2. The summed E-state index contributed by atoms with van der Waals surface area (Å²) in [5.41, 5.74) is 6.73. The zero-order valence-corrected chi connectivity index (χ0v) is 16.0. The van der Waals surface area contributed by atoms with Crippen LogP contribution >= 0.6 is 24.0 Å². The van der Waals surface area contributed by atoms with Crippen LogP contribution in [0.3, 0.4) is 0 Å². The number of ether oxygens (including phenoxy) is 1. The van der Waals surface area contributed by atoms with E-state index in [0.717, 1.165) is 23.8 Å². The summed E-state index contributed by atoms with van der Waals surface area (Å²) in [6.45, 7) is 5.70. The third-order valence-corrected chi connectivity index (χ3v) is 3.12. The molecule has 0 saturated carbocycles. The summed E-state index contributed by atoms with van der Waals surface area (Å²) in [6.07, 6.45) is 3.76. The molecule has 2 rings (SSSR count). The van der Waals surface area contributed by atoms with Gasteiger partial charge in [0, 0.05) is 18.9 Å². The quantitative estimate of drug-likeness (QED) is 0.421. The van der Waals surface area contributed by atoms with Crippen molar-refractivity contribution in [3.05, 3.63) is 42.5 Å². The van der Waals surface area contributed by atoms with Crippen molar-refractivity contribution in [3.63, 3.8) is 0 Å². The minimum absolute atomic E-state index is 0. The van der Waals surface area contributed by atoms with Gasteiger partial charge in [-0.05, 0) is 18.1 Å². The van der Waals surface area contributed by atoms with Gasteiger partial charge in [-0.1, -0.05) is 26.0 Å². The molecule has 0 fully saturated rings. The average Bonchev–Trinajstić information content (AvgIpc) is 2.92. The van der Waals surface area contributed by atoms with E-state index in [4.69, 9.17) is 10.5 Å². The third kappa shape index (κ3) is 5.74. The van der Waals surface area contributed by atoms with E-state index in [1.165, 1.54) is 0 Å². The van der Waals surface area contributed by atoms with Gasteiger partial charge >= 0.3 is 0 Å². The van der Waals surface area contributed by atoms with Crippen molar-refractivity contribution in [2.24, 2.45) is 16.6 Å². The summed E-state index contributed by atoms with van der Waals surface area (Å²) in [6, 6.07) is 7.57. The number of halogens is 1. The minimum atomic E-state index is 0. The molecule has 0 aliphatic carbocycles. The highest BCUT2D eigenvalue weighted by atomic mass is 127. The molecule has 1 aromatic heterocycles. The van der Waals surface area contributed by atoms with E-state index < -0.39 is 0 Å². The lowest BCUT2D eigenvalue weighted by atomic mass is 10.2. The van der Waals surface area contributed by atoms with E-state index in [9.17, 15) is 0 Å². The fourth-order valence-electron chi connectivity index (χ4n) is 2.13. The highest BCUT2D eigenvalue weighted by Crippen LogP contribution is 2.22. The Morgan fingerprint density at radius 1 is 1.39 bits per heavy atom. The minimum Gasteiger partial charge on any atom is -0.495 e. The van der Waals surface area contributed by atoms with Crippen molar-refractivity contribution in [1.82, 2.24) is 9.55 Å². The van der Waals surface area contributed by atoms with E-state index in [1.54, 1.807) is 13.3 Å². The predicted octanol–water partition coefficient (Wildman–Crippen LogP) is 3.09. The first-order valence-electron chi connectivity index (χ1n) is 7.30. The molecule has 3 N–H and O–H groups in total. The molecule has 0 saturated heterocycles. The average molecular weight is 429 g/mol. The van der Waals surface area contributed by atoms with Gasteiger partial charge in [-0.3, -0.25) is 0 Å². The van der Waals surface area contributed by atoms with Crippen LogP contribution in [0.4, 0.5) is 5.69 Å². The monoisotopic (exact) mass is 429 g/mol. The summed E-state index contributed by atoms with van der Waals surface area (Å²) in [7, 11) is 1.62. The number of aliphatic imine (C=N–C) groups is 1. The van der Waals surface area contributed by atoms with Crippen LogP contribution in [0.15, 0.2) is 41.7 Å². The number of hydrogen-bond donors (Lipinski definition) is 2. The number of para-hydroxylation sites is 2. The third-order valence-electron chi connectivity index (χ3n) is 3.12. The summed E-state index contributed by atoms with van der Waals surface area (Å²) >= 11 is 0. The lowest BCUT2D eigenvalue weighted by Crippen LogP contribution is -2.23. The summed E-state index contributed by atoms with van der Waals surface area (Å²) in [5.74, 6) is 2.52. The molecule has 0 amide bonds. The number of nitrogens with one attached hydrogen (secondary N) is 1. The zero-order valence-electron chi connectivity index (χ0n) is 13.7. The molecule has 126 valence electrons. The molecule has 0 unspecified atom stereocenters. The molecule has 0 atom stereocenters. The zero-order chi connectivity index (χ0) is 15.9. The van der Waals surface area contributed by atoms with Gasteiger partial charge in [-0.2, -0.15) is 0 Å². The number of hydrogen-bond acceptors (Lipinski definition) is 3. The lowest BCUT2D eigenvalue weighted by molar-refractivity contribution is 0.417. The molecular weight excluding hydrogens is 405 g/mol. The van der Waals surface area contributed by atoms with Gasteiger partial charge < -0.3 is 20.4 Å². The predicted molar refractivity (Wildman–Crippen MR) is 104 cm³/mol. The first kappa shape index (κ1) is 19.3. The summed E-state index contributed by atoms with van der Waals surface area (Å²) < 4.78 is 7.37. The Morgan fingerprint density at radius 2 is 2.13 bits per heavy atom. The van der Waals surface area contributed by atoms with Gasteiger partial charge in [0.1, 0.15) is 18.1 Å². The van der Waals surface area contributed by atoms with Crippen molar-refractivity contribution < 1.29 is 4.74 Å². The number of nitrogens with two attached hydrogens (primary N) is 1. The Balaban J connectivity index is 0.00000264. The van der Waals surface area contributed by atoms with Crippen molar-refractivity contribution in [2.75, 3.05) is 12.4 Å². The number of rotatable bonds is 6. The number of imidazole rings is 1. The van der Waals surface area contributed by atoms with Crippen molar-refractivity contribution in [1.29, 1.82) is 0 Å². The Kier molecular flexibility index (Phi) is 7.87. The number of anilines is 1. The maximum absolute atomic E-state index is 5.94. The van der Waals surface area contributed by atoms with Crippen LogP contribution < -0.4 is 15.8 Å². The number of nitrogens with zero attached hydrogens (tertiary/aromatic N) is 3. The fourth-order valence-corrected chi connectivity index (χ4v) is 2.13. The first-order chi connectivity index (χ1) is 10.6. The van der Waals surface area contributed by atoms with E-state index >= 15 is 0 Å². The molecule has 23 heavy (non-hydrogen) atoms. The van der Waals surface area contributed by atoms with Gasteiger partial charge in [0.2, 0.25) is 0 Å². The Labute approximate surface area is 154 Å². The van der Waals surface area contributed by atoms with Crippen LogP contribution in [0, 0.1) is 5.92 Å². The van der Waals surface area contributed by atoms with Gasteiger partial charge in [0.05, 0.1) is 12.8 Å². The Hall–Kier alpha value is -1.77. The van der Waals surface area contributed by atoms with Crippen LogP contribution in [-0.2, 0) is 13.1 Å². The summed E-state index contributed by atoms with van der Waals surface area (Å²) in [4.78, 5) is 8.68. The maximum atomic E-state index is 5.94. The van der Waals surface area contributed by atoms with Crippen molar-refractivity contribution in [3.8, 4) is 5.75 Å². The highest BCUT2D eigenvalue weighted by molar-refractivity contribution is 14.0. The van der Waals surface area contributed by atoms with Gasteiger partial charge in [0.15, 0.2) is 5.96 Å². The second-order valence-corrected chi connectivity index (χ2v) is 5.42. The standard InChI is InChI=1S/C16H23N5O.HI/c1-12(2)11-21-9-8-18-15(21)10-19-16(17)20-13-6-4-5-7-14(13)22-3;/h4-9,12H,10-11H2,1-3H3,(H3,17,19,20);1H. The van der Waals surface area contributed by atoms with E-state index in [1.807, 2.05) is 30.5 Å². The molecule has 1 aromatic carbocycles. The smallest absolute Gasteiger partial charge is 0.193 e. The maximum Gasteiger partial charge on any atom is 0.193 e. The van der Waals surface area contributed by atoms with Crippen LogP contribution in [0.1, 0.15) is 19.7 Å². The van der Waals surface area contributed by atoms with Crippen LogP contribution in [0.2, 0.25) is 0 Å². The number of guanidine groups is 1. The van der Waals surface area contributed by atoms with E-state index in [0.29, 0.717) is 18.4 Å². The number of benzene rings is 1. The normalized spacial score (nSPS) is 11.2. The molecule has 7 heteroatoms. The lowest BCUT2D eigenvalue weighted by Gasteiger charge is -2.11. The van der Waals surface area contributed by atoms with Crippen LogP contribution in [-0.4, -0.2) is 22.6 Å². The second kappa shape index (κ2) is 9.39. The van der Waals surface area contributed by atoms with Gasteiger partial charge in [0.25, 0.3) is 0 Å². The molecular formula is C16H24IN5O. The molecule has 2 aromatic rings. The first-order valence-corrected chi connectivity index (χ1v) is 7.30. The Morgan fingerprint density at radius 3 is 2.83 bits per heavy atom. The molecule has 6 nitrogen and oxygen atoms in total. The summed E-state index contributed by atoms with van der Waals surface area (Å²) in [5, 5.41) is 3.05. The van der Waals surface area contributed by atoms with Gasteiger partial charge in [-0.15, -0.1) is 24.0 Å². The largest absolute Gasteiger partial charge is 0.495 e. The Bertz CT molecular complexity index is 639. The molecule has 0 aliphatic heterocycles. The molecule has 0 aliphatic rings. The molecule has 0 radical (unpaired) electrons. The SMILES string of the molecule is COc1ccccc1NC(N)=NCc1nccn1CC(C)C.I. The van der Waals surface area contributed by atoms with E-state index in [2.05, 4.69) is 33.7 Å². The topological polar surface area (TPSA) is 77.5 Å². The van der Waals surface area contributed by atoms with Crippen LogP contribution in [0.5, 0.6) is 5.75 Å². The molecule has 1 heterocycles. The fraction of sp³-hybridized carbons (Fsp3) is 0.375. The number of methoxy groups -OCH3 is 1. The van der Waals surface area contributed by atoms with Gasteiger partial charge in [-0.25, -0.2) is 9.98 Å². The van der Waals surface area contributed by atoms with Crippen molar-refractivity contribution in [2.45, 2.75) is 26.9 Å². The molecule has 0 spiro atoms. The van der Waals surface area contributed by atoms with Crippen molar-refractivity contribution >= 4 is 35.6 Å².